The van der Waals surface area contributed by atoms with Gasteiger partial charge in [0.05, 0.1) is 16.8 Å². The number of benzene rings is 3. The third kappa shape index (κ3) is 5.98. The first-order chi connectivity index (χ1) is 17.7. The van der Waals surface area contributed by atoms with Gasteiger partial charge in [-0.25, -0.2) is 18.2 Å². The molecule has 1 heterocycles. The highest BCUT2D eigenvalue weighted by molar-refractivity contribution is 9.10. The summed E-state index contributed by atoms with van der Waals surface area (Å²) in [4.78, 5) is 12.8. The van der Waals surface area contributed by atoms with Gasteiger partial charge in [0.25, 0.3) is 15.9 Å². The van der Waals surface area contributed by atoms with Crippen LogP contribution in [0, 0.1) is 19.7 Å². The van der Waals surface area contributed by atoms with E-state index in [0.717, 1.165) is 43.5 Å². The molecule has 37 heavy (non-hydrogen) atoms. The molecule has 0 bridgehead atoms. The van der Waals surface area contributed by atoms with Gasteiger partial charge in [0, 0.05) is 27.1 Å². The first kappa shape index (κ1) is 26.3. The van der Waals surface area contributed by atoms with Gasteiger partial charge >= 0.3 is 0 Å². The molecule has 4 aromatic rings. The number of sulfonamides is 1. The summed E-state index contributed by atoms with van der Waals surface area (Å²) in [5, 5.41) is 4.05. The van der Waals surface area contributed by atoms with Crippen LogP contribution in [0.25, 0.3) is 5.69 Å². The van der Waals surface area contributed by atoms with E-state index in [1.165, 1.54) is 30.5 Å². The Hall–Kier alpha value is -3.76. The first-order valence-electron chi connectivity index (χ1n) is 11.3. The number of nitrogens with one attached hydrogen (secondary N) is 1. The molecule has 0 spiro atoms. The number of carbonyl (C=O) groups is 1. The zero-order chi connectivity index (χ0) is 26.6. The van der Waals surface area contributed by atoms with E-state index in [4.69, 9.17) is 0 Å². The van der Waals surface area contributed by atoms with Crippen LogP contribution < -0.4 is 9.73 Å². The van der Waals surface area contributed by atoms with Crippen molar-refractivity contribution in [3.05, 3.63) is 112 Å². The van der Waals surface area contributed by atoms with E-state index in [2.05, 4.69) is 31.0 Å². The van der Waals surface area contributed by atoms with Gasteiger partial charge in [-0.05, 0) is 80.6 Å². The summed E-state index contributed by atoms with van der Waals surface area (Å²) in [5.74, 6) is -1.17. The van der Waals surface area contributed by atoms with E-state index in [1.807, 2.05) is 44.2 Å². The summed E-state index contributed by atoms with van der Waals surface area (Å²) in [6.07, 6.45) is 1.52. The van der Waals surface area contributed by atoms with Gasteiger partial charge in [-0.2, -0.15) is 5.10 Å². The molecule has 0 unspecified atom stereocenters. The second kappa shape index (κ2) is 11.1. The largest absolute Gasteiger partial charge is 0.318 e. The molecule has 10 heteroatoms. The number of hydrogen-bond acceptors (Lipinski definition) is 4. The van der Waals surface area contributed by atoms with Crippen LogP contribution in [-0.4, -0.2) is 31.7 Å². The van der Waals surface area contributed by atoms with Gasteiger partial charge in [-0.1, -0.05) is 34.1 Å². The predicted molar refractivity (Wildman–Crippen MR) is 146 cm³/mol. The van der Waals surface area contributed by atoms with Gasteiger partial charge < -0.3 is 4.57 Å². The van der Waals surface area contributed by atoms with Gasteiger partial charge in [-0.15, -0.1) is 0 Å². The lowest BCUT2D eigenvalue weighted by molar-refractivity contribution is -0.119. The fourth-order valence-electron chi connectivity index (χ4n) is 3.89. The van der Waals surface area contributed by atoms with Crippen molar-refractivity contribution in [3.63, 3.8) is 0 Å². The van der Waals surface area contributed by atoms with Crippen molar-refractivity contribution in [2.24, 2.45) is 5.10 Å². The number of amides is 1. The molecule has 1 aromatic heterocycles. The minimum absolute atomic E-state index is 0.0102. The first-order valence-corrected chi connectivity index (χ1v) is 13.5. The second-order valence-electron chi connectivity index (χ2n) is 8.23. The summed E-state index contributed by atoms with van der Waals surface area (Å²) >= 11 is 3.44. The maximum absolute atomic E-state index is 13.5. The third-order valence-corrected chi connectivity index (χ3v) is 8.00. The van der Waals surface area contributed by atoms with Crippen molar-refractivity contribution in [3.8, 4) is 5.69 Å². The second-order valence-corrected chi connectivity index (χ2v) is 11.0. The Balaban J connectivity index is 1.53. The molecule has 190 valence electrons. The van der Waals surface area contributed by atoms with Crippen LogP contribution >= 0.6 is 15.9 Å². The number of hydrazone groups is 1. The Morgan fingerprint density at radius 3 is 2.32 bits per heavy atom. The molecule has 0 aliphatic carbocycles. The van der Waals surface area contributed by atoms with Crippen molar-refractivity contribution in [2.45, 2.75) is 18.7 Å². The summed E-state index contributed by atoms with van der Waals surface area (Å²) in [6.45, 7) is 3.37. The zero-order valence-corrected chi connectivity index (χ0v) is 22.5. The smallest absolute Gasteiger partial charge is 0.264 e. The lowest BCUT2D eigenvalue weighted by Crippen LogP contribution is -2.39. The Labute approximate surface area is 223 Å². The van der Waals surface area contributed by atoms with Crippen molar-refractivity contribution in [2.75, 3.05) is 10.8 Å². The molecule has 0 radical (unpaired) electrons. The number of halogens is 2. The molecule has 0 aliphatic heterocycles. The van der Waals surface area contributed by atoms with Crippen LogP contribution in [0.15, 0.2) is 99.4 Å². The number of carbonyl (C=O) groups excluding carboxylic acids is 1. The molecule has 0 saturated carbocycles. The van der Waals surface area contributed by atoms with E-state index < -0.39 is 28.3 Å². The average molecular weight is 583 g/mol. The highest BCUT2D eigenvalue weighted by atomic mass is 79.9. The quantitative estimate of drug-likeness (QED) is 0.225. The molecule has 0 atom stereocenters. The lowest BCUT2D eigenvalue weighted by atomic mass is 10.2. The molecule has 7 nitrogen and oxygen atoms in total. The van der Waals surface area contributed by atoms with E-state index >= 15 is 0 Å². The third-order valence-electron chi connectivity index (χ3n) is 5.68. The van der Waals surface area contributed by atoms with Crippen molar-refractivity contribution >= 4 is 43.8 Å². The van der Waals surface area contributed by atoms with Gasteiger partial charge in [0.1, 0.15) is 12.4 Å². The van der Waals surface area contributed by atoms with E-state index in [-0.39, 0.29) is 10.6 Å². The van der Waals surface area contributed by atoms with Gasteiger partial charge in [0.15, 0.2) is 0 Å². The standard InChI is InChI=1S/C27H24BrFN4O3S/c1-19-16-21(20(2)33(19)25-12-8-22(28)9-13-25)17-30-31-27(34)18-32(24-14-10-23(29)11-15-24)37(35,36)26-6-4-3-5-7-26/h3-17H,18H2,1-2H3,(H,31,34)/b30-17-. The van der Waals surface area contributed by atoms with E-state index in [1.54, 1.807) is 18.2 Å². The number of nitrogens with zero attached hydrogens (tertiary/aromatic N) is 3. The molecule has 0 fully saturated rings. The van der Waals surface area contributed by atoms with Crippen LogP contribution in [0.4, 0.5) is 10.1 Å². The Kier molecular flexibility index (Phi) is 7.89. The summed E-state index contributed by atoms with van der Waals surface area (Å²) in [6, 6.07) is 22.5. The van der Waals surface area contributed by atoms with Crippen LogP contribution in [-0.2, 0) is 14.8 Å². The maximum atomic E-state index is 13.5. The lowest BCUT2D eigenvalue weighted by Gasteiger charge is -2.23. The molecule has 0 saturated heterocycles. The molecule has 1 N–H and O–H groups in total. The Bertz CT molecular complexity index is 1540. The fraction of sp³-hybridized carbons (Fsp3) is 0.111. The van der Waals surface area contributed by atoms with Gasteiger partial charge in [-0.3, -0.25) is 9.10 Å². The summed E-state index contributed by atoms with van der Waals surface area (Å²) < 4.78 is 44.0. The summed E-state index contributed by atoms with van der Waals surface area (Å²) in [7, 11) is -4.09. The average Bonchev–Trinajstić information content (AvgIpc) is 3.17. The molecule has 0 aliphatic rings. The highest BCUT2D eigenvalue weighted by Gasteiger charge is 2.27. The fourth-order valence-corrected chi connectivity index (χ4v) is 5.59. The molecular formula is C27H24BrFN4O3S. The Morgan fingerprint density at radius 2 is 1.68 bits per heavy atom. The van der Waals surface area contributed by atoms with Crippen molar-refractivity contribution in [1.82, 2.24) is 9.99 Å². The van der Waals surface area contributed by atoms with E-state index in [0.29, 0.717) is 0 Å². The highest BCUT2D eigenvalue weighted by Crippen LogP contribution is 2.24. The van der Waals surface area contributed by atoms with Crippen LogP contribution in [0.2, 0.25) is 0 Å². The topological polar surface area (TPSA) is 83.8 Å². The van der Waals surface area contributed by atoms with E-state index in [9.17, 15) is 17.6 Å². The SMILES string of the molecule is Cc1cc(/C=N\NC(=O)CN(c2ccc(F)cc2)S(=O)(=O)c2ccccc2)c(C)n1-c1ccc(Br)cc1. The zero-order valence-electron chi connectivity index (χ0n) is 20.1. The monoisotopic (exact) mass is 582 g/mol. The number of anilines is 1. The van der Waals surface area contributed by atoms with Gasteiger partial charge in [0.2, 0.25) is 0 Å². The molecule has 4 rings (SSSR count). The summed E-state index contributed by atoms with van der Waals surface area (Å²) in [5.41, 5.74) is 6.27. The van der Waals surface area contributed by atoms with Crippen LogP contribution in [0.1, 0.15) is 17.0 Å². The van der Waals surface area contributed by atoms with Crippen molar-refractivity contribution in [1.29, 1.82) is 0 Å². The number of aromatic nitrogens is 1. The molecular weight excluding hydrogens is 559 g/mol. The minimum atomic E-state index is -4.09. The number of hydrogen-bond donors (Lipinski definition) is 1. The minimum Gasteiger partial charge on any atom is -0.318 e. The molecule has 3 aromatic carbocycles. The maximum Gasteiger partial charge on any atom is 0.264 e. The predicted octanol–water partition coefficient (Wildman–Crippen LogP) is 5.34. The number of rotatable bonds is 8. The molecule has 1 amide bonds. The van der Waals surface area contributed by atoms with Crippen LogP contribution in [0.5, 0.6) is 0 Å². The number of aryl methyl sites for hydroxylation is 1. The Morgan fingerprint density at radius 1 is 1.03 bits per heavy atom. The van der Waals surface area contributed by atoms with Crippen molar-refractivity contribution < 1.29 is 17.6 Å². The van der Waals surface area contributed by atoms with Crippen LogP contribution in [0.3, 0.4) is 0 Å². The normalized spacial score (nSPS) is 11.6.